The second-order valence-electron chi connectivity index (χ2n) is 5.38. The molecule has 17 heavy (non-hydrogen) atoms. The van der Waals surface area contributed by atoms with Crippen LogP contribution in [0, 0.1) is 24.7 Å². The van der Waals surface area contributed by atoms with Crippen molar-refractivity contribution in [2.45, 2.75) is 26.2 Å². The summed E-state index contributed by atoms with van der Waals surface area (Å²) in [5.41, 5.74) is 1.84. The van der Waals surface area contributed by atoms with Gasteiger partial charge < -0.3 is 0 Å². The van der Waals surface area contributed by atoms with Crippen molar-refractivity contribution in [3.05, 3.63) is 35.4 Å². The molecule has 0 spiro atoms. The van der Waals surface area contributed by atoms with Crippen LogP contribution in [-0.4, -0.2) is 11.6 Å². The Morgan fingerprint density at radius 2 is 1.88 bits per heavy atom. The fraction of sp³-hybridized carbons (Fsp3) is 0.467. The van der Waals surface area contributed by atoms with Gasteiger partial charge in [-0.05, 0) is 32.1 Å². The molecular weight excluding hydrogens is 212 g/mol. The lowest BCUT2D eigenvalue weighted by atomic mass is 9.82. The molecule has 2 heteroatoms. The predicted molar refractivity (Wildman–Crippen MR) is 64.8 cm³/mol. The van der Waals surface area contributed by atoms with E-state index in [1.54, 1.807) is 0 Å². The number of ketones is 2. The van der Waals surface area contributed by atoms with Crippen molar-refractivity contribution in [1.29, 1.82) is 0 Å². The van der Waals surface area contributed by atoms with Crippen LogP contribution in [0.1, 0.15) is 35.2 Å². The molecule has 1 aromatic carbocycles. The predicted octanol–water partition coefficient (Wildman–Crippen LogP) is 2.79. The molecule has 0 N–H and O–H groups in total. The number of benzene rings is 1. The van der Waals surface area contributed by atoms with Crippen molar-refractivity contribution in [1.82, 2.24) is 0 Å². The Kier molecular flexibility index (Phi) is 2.39. The van der Waals surface area contributed by atoms with Gasteiger partial charge in [0.25, 0.3) is 0 Å². The largest absolute Gasteiger partial charge is 0.299 e. The van der Waals surface area contributed by atoms with E-state index < -0.39 is 0 Å². The second kappa shape index (κ2) is 3.80. The Morgan fingerprint density at radius 1 is 1.18 bits per heavy atom. The van der Waals surface area contributed by atoms with Gasteiger partial charge in [0.1, 0.15) is 5.78 Å². The molecule has 88 valence electrons. The number of carbonyl (C=O) groups is 2. The van der Waals surface area contributed by atoms with Gasteiger partial charge in [-0.3, -0.25) is 9.59 Å². The molecule has 3 rings (SSSR count). The molecule has 2 aliphatic carbocycles. The average Bonchev–Trinajstić information content (AvgIpc) is 2.89. The monoisotopic (exact) mass is 228 g/mol. The zero-order valence-corrected chi connectivity index (χ0v) is 9.98. The van der Waals surface area contributed by atoms with E-state index in [1.807, 2.05) is 31.2 Å². The Bertz CT molecular complexity index is 472. The molecule has 2 nitrogen and oxygen atoms in total. The van der Waals surface area contributed by atoms with E-state index in [0.717, 1.165) is 24.8 Å². The minimum Gasteiger partial charge on any atom is -0.299 e. The second-order valence-corrected chi connectivity index (χ2v) is 5.38. The molecule has 0 unspecified atom stereocenters. The van der Waals surface area contributed by atoms with Crippen molar-refractivity contribution >= 4 is 11.6 Å². The zero-order valence-electron chi connectivity index (χ0n) is 9.98. The van der Waals surface area contributed by atoms with Crippen molar-refractivity contribution < 1.29 is 9.59 Å². The van der Waals surface area contributed by atoms with Crippen LogP contribution in [0.25, 0.3) is 0 Å². The smallest absolute Gasteiger partial charge is 0.173 e. The fourth-order valence-corrected chi connectivity index (χ4v) is 3.30. The fourth-order valence-electron chi connectivity index (χ4n) is 3.30. The van der Waals surface area contributed by atoms with Gasteiger partial charge in [0, 0.05) is 11.5 Å². The first-order valence-corrected chi connectivity index (χ1v) is 6.31. The maximum atomic E-state index is 12.3. The van der Waals surface area contributed by atoms with Gasteiger partial charge in [-0.15, -0.1) is 0 Å². The Hall–Kier alpha value is -1.44. The molecule has 2 fully saturated rings. The number of Topliss-reactive ketones (excluding diaryl/α,β-unsaturated/α-hetero) is 2. The van der Waals surface area contributed by atoms with Crippen molar-refractivity contribution in [2.24, 2.45) is 17.8 Å². The molecule has 2 aliphatic rings. The molecule has 0 amide bonds. The van der Waals surface area contributed by atoms with Crippen LogP contribution in [0.15, 0.2) is 24.3 Å². The number of fused-ring (bicyclic) bond motifs is 2. The first-order chi connectivity index (χ1) is 8.16. The third-order valence-corrected chi connectivity index (χ3v) is 4.27. The highest BCUT2D eigenvalue weighted by molar-refractivity contribution is 6.12. The van der Waals surface area contributed by atoms with Crippen LogP contribution < -0.4 is 0 Å². The summed E-state index contributed by atoms with van der Waals surface area (Å²) in [4.78, 5) is 24.4. The molecule has 3 atom stereocenters. The van der Waals surface area contributed by atoms with Gasteiger partial charge in [-0.25, -0.2) is 0 Å². The maximum Gasteiger partial charge on any atom is 0.173 e. The van der Waals surface area contributed by atoms with Crippen LogP contribution in [-0.2, 0) is 4.79 Å². The van der Waals surface area contributed by atoms with E-state index in [1.165, 1.54) is 0 Å². The molecule has 0 heterocycles. The Morgan fingerprint density at radius 3 is 2.47 bits per heavy atom. The number of carbonyl (C=O) groups excluding carboxylic acids is 2. The van der Waals surface area contributed by atoms with E-state index >= 15 is 0 Å². The average molecular weight is 228 g/mol. The van der Waals surface area contributed by atoms with E-state index in [4.69, 9.17) is 0 Å². The molecule has 0 saturated heterocycles. The highest BCUT2D eigenvalue weighted by Gasteiger charge is 2.49. The number of hydrogen-bond donors (Lipinski definition) is 0. The van der Waals surface area contributed by atoms with Crippen LogP contribution in [0.2, 0.25) is 0 Å². The van der Waals surface area contributed by atoms with E-state index in [0.29, 0.717) is 11.5 Å². The number of hydrogen-bond acceptors (Lipinski definition) is 2. The van der Waals surface area contributed by atoms with Gasteiger partial charge in [0.15, 0.2) is 5.78 Å². The molecule has 0 radical (unpaired) electrons. The summed E-state index contributed by atoms with van der Waals surface area (Å²) < 4.78 is 0. The van der Waals surface area contributed by atoms with Crippen LogP contribution in [0.4, 0.5) is 0 Å². The van der Waals surface area contributed by atoms with Gasteiger partial charge in [0.05, 0.1) is 5.92 Å². The quantitative estimate of drug-likeness (QED) is 0.576. The van der Waals surface area contributed by atoms with Crippen LogP contribution >= 0.6 is 0 Å². The Balaban J connectivity index is 1.88. The first kappa shape index (κ1) is 10.7. The van der Waals surface area contributed by atoms with Gasteiger partial charge in [-0.1, -0.05) is 29.8 Å². The highest BCUT2D eigenvalue weighted by atomic mass is 16.2. The molecule has 1 aromatic rings. The standard InChI is InChI=1S/C15H16O2/c1-9-2-4-10(5-3-9)14(16)13-11-6-7-12(8-11)15(13)17/h2-5,11-13H,6-8H2,1H3/t11-,12-,13-/m0/s1. The summed E-state index contributed by atoms with van der Waals surface area (Å²) in [6, 6.07) is 7.56. The molecule has 2 saturated carbocycles. The maximum absolute atomic E-state index is 12.3. The van der Waals surface area contributed by atoms with Gasteiger partial charge in [0.2, 0.25) is 0 Å². The van der Waals surface area contributed by atoms with E-state index in [9.17, 15) is 9.59 Å². The van der Waals surface area contributed by atoms with Crippen LogP contribution in [0.3, 0.4) is 0 Å². The number of aryl methyl sites for hydroxylation is 1. The summed E-state index contributed by atoms with van der Waals surface area (Å²) in [7, 11) is 0. The van der Waals surface area contributed by atoms with Crippen molar-refractivity contribution in [2.75, 3.05) is 0 Å². The van der Waals surface area contributed by atoms with E-state index in [-0.39, 0.29) is 23.4 Å². The molecule has 0 aliphatic heterocycles. The zero-order chi connectivity index (χ0) is 12.0. The normalized spacial score (nSPS) is 30.9. The highest BCUT2D eigenvalue weighted by Crippen LogP contribution is 2.46. The van der Waals surface area contributed by atoms with Crippen molar-refractivity contribution in [3.8, 4) is 0 Å². The lowest BCUT2D eigenvalue weighted by molar-refractivity contribution is -0.124. The Labute approximate surface area is 101 Å². The number of rotatable bonds is 2. The summed E-state index contributed by atoms with van der Waals surface area (Å²) >= 11 is 0. The first-order valence-electron chi connectivity index (χ1n) is 6.31. The summed E-state index contributed by atoms with van der Waals surface area (Å²) in [6.45, 7) is 2.00. The lowest BCUT2D eigenvalue weighted by Crippen LogP contribution is -2.29. The van der Waals surface area contributed by atoms with E-state index in [2.05, 4.69) is 0 Å². The van der Waals surface area contributed by atoms with Gasteiger partial charge >= 0.3 is 0 Å². The third kappa shape index (κ3) is 1.63. The minimum absolute atomic E-state index is 0.0437. The summed E-state index contributed by atoms with van der Waals surface area (Å²) in [6.07, 6.45) is 3.00. The summed E-state index contributed by atoms with van der Waals surface area (Å²) in [5.74, 6) is 0.409. The lowest BCUT2D eigenvalue weighted by Gasteiger charge is -2.19. The summed E-state index contributed by atoms with van der Waals surface area (Å²) in [5, 5.41) is 0. The molecule has 2 bridgehead atoms. The topological polar surface area (TPSA) is 34.1 Å². The molecular formula is C15H16O2. The SMILES string of the molecule is Cc1ccc(C(=O)[C@H]2C(=O)[C@H]3CC[C@H]2C3)cc1. The third-order valence-electron chi connectivity index (χ3n) is 4.27. The van der Waals surface area contributed by atoms with Crippen molar-refractivity contribution in [3.63, 3.8) is 0 Å². The van der Waals surface area contributed by atoms with Crippen LogP contribution in [0.5, 0.6) is 0 Å². The minimum atomic E-state index is -0.337. The van der Waals surface area contributed by atoms with Gasteiger partial charge in [-0.2, -0.15) is 0 Å². The molecule has 0 aromatic heterocycles.